The fourth-order valence-corrected chi connectivity index (χ4v) is 4.13. The number of hydrogen-bond acceptors (Lipinski definition) is 9. The monoisotopic (exact) mass is 518 g/mol. The van der Waals surface area contributed by atoms with Crippen LogP contribution in [0.4, 0.5) is 0 Å². The molecule has 0 atom stereocenters. The Morgan fingerprint density at radius 3 is 2.62 bits per heavy atom. The molecule has 2 aromatic carbocycles. The Morgan fingerprint density at radius 1 is 1.08 bits per heavy atom. The molecule has 0 spiro atoms. The first-order valence-electron chi connectivity index (χ1n) is 11.6. The fraction of sp³-hybridized carbons (Fsp3) is 0.192. The van der Waals surface area contributed by atoms with Gasteiger partial charge in [-0.2, -0.15) is 5.10 Å². The average Bonchev–Trinajstić information content (AvgIpc) is 3.35. The second-order valence-electron chi connectivity index (χ2n) is 7.52. The molecular formula is C26H26N6O4S. The van der Waals surface area contributed by atoms with E-state index < -0.39 is 0 Å². The fourth-order valence-electron chi connectivity index (χ4n) is 3.39. The molecule has 37 heavy (non-hydrogen) atoms. The van der Waals surface area contributed by atoms with Crippen LogP contribution in [0.25, 0.3) is 17.1 Å². The van der Waals surface area contributed by atoms with Crippen molar-refractivity contribution < 1.29 is 19.4 Å². The van der Waals surface area contributed by atoms with Gasteiger partial charge in [-0.15, -0.1) is 10.2 Å². The molecule has 2 aromatic heterocycles. The van der Waals surface area contributed by atoms with E-state index in [4.69, 9.17) is 9.47 Å². The number of aromatic hydroxyl groups is 1. The smallest absolute Gasteiger partial charge is 0.250 e. The number of nitrogens with zero attached hydrogens (tertiary/aromatic N) is 5. The van der Waals surface area contributed by atoms with Gasteiger partial charge in [-0.25, -0.2) is 5.43 Å². The van der Waals surface area contributed by atoms with Crippen LogP contribution in [-0.4, -0.2) is 55.9 Å². The average molecular weight is 519 g/mol. The lowest BCUT2D eigenvalue weighted by Gasteiger charge is -2.11. The molecule has 0 fully saturated rings. The molecule has 0 aliphatic rings. The maximum Gasteiger partial charge on any atom is 0.250 e. The number of hydrazone groups is 1. The highest BCUT2D eigenvalue weighted by Gasteiger charge is 2.17. The van der Waals surface area contributed by atoms with Crippen LogP contribution < -0.4 is 14.9 Å². The number of thioether (sulfide) groups is 1. The van der Waals surface area contributed by atoms with Crippen molar-refractivity contribution in [2.45, 2.75) is 19.0 Å². The van der Waals surface area contributed by atoms with Crippen molar-refractivity contribution >= 4 is 23.9 Å². The molecule has 4 aromatic rings. The highest BCUT2D eigenvalue weighted by atomic mass is 32.2. The van der Waals surface area contributed by atoms with E-state index in [1.807, 2.05) is 54.8 Å². The maximum absolute atomic E-state index is 12.5. The van der Waals surface area contributed by atoms with Gasteiger partial charge in [0.25, 0.3) is 5.91 Å². The number of amides is 1. The number of aromatic nitrogens is 4. The Kier molecular flexibility index (Phi) is 8.71. The van der Waals surface area contributed by atoms with Crippen molar-refractivity contribution in [2.75, 3.05) is 19.0 Å². The van der Waals surface area contributed by atoms with Crippen molar-refractivity contribution in [3.8, 4) is 34.3 Å². The quantitative estimate of drug-likeness (QED) is 0.173. The topological polar surface area (TPSA) is 124 Å². The summed E-state index contributed by atoms with van der Waals surface area (Å²) in [5.74, 6) is 1.37. The van der Waals surface area contributed by atoms with E-state index >= 15 is 0 Å². The van der Waals surface area contributed by atoms with Crippen LogP contribution in [0, 0.1) is 0 Å². The van der Waals surface area contributed by atoms with E-state index in [1.54, 1.807) is 30.6 Å². The lowest BCUT2D eigenvalue weighted by molar-refractivity contribution is -0.118. The number of carbonyl (C=O) groups excluding carboxylic acids is 1. The van der Waals surface area contributed by atoms with Crippen LogP contribution in [0.3, 0.4) is 0 Å². The molecule has 1 amide bonds. The Balaban J connectivity index is 1.48. The lowest BCUT2D eigenvalue weighted by atomic mass is 10.2. The predicted octanol–water partition coefficient (Wildman–Crippen LogP) is 4.07. The lowest BCUT2D eigenvalue weighted by Crippen LogP contribution is -2.20. The minimum absolute atomic E-state index is 0.0388. The molecule has 0 aliphatic heterocycles. The van der Waals surface area contributed by atoms with E-state index in [0.29, 0.717) is 35.5 Å². The van der Waals surface area contributed by atoms with E-state index in [-0.39, 0.29) is 17.4 Å². The number of carbonyl (C=O) groups is 1. The molecule has 0 bridgehead atoms. The van der Waals surface area contributed by atoms with Crippen LogP contribution in [0.1, 0.15) is 19.4 Å². The summed E-state index contributed by atoms with van der Waals surface area (Å²) in [4.78, 5) is 16.7. The molecule has 0 unspecified atom stereocenters. The number of hydrogen-bond donors (Lipinski definition) is 2. The highest BCUT2D eigenvalue weighted by Crippen LogP contribution is 2.29. The zero-order chi connectivity index (χ0) is 26.0. The van der Waals surface area contributed by atoms with Gasteiger partial charge in [-0.05, 0) is 62.4 Å². The molecule has 2 N–H and O–H groups in total. The third kappa shape index (κ3) is 6.44. The van der Waals surface area contributed by atoms with Gasteiger partial charge in [0.15, 0.2) is 22.5 Å². The summed E-state index contributed by atoms with van der Waals surface area (Å²) in [5.41, 5.74) is 4.51. The van der Waals surface area contributed by atoms with Crippen molar-refractivity contribution in [1.82, 2.24) is 25.2 Å². The van der Waals surface area contributed by atoms with Gasteiger partial charge in [0, 0.05) is 29.2 Å². The third-order valence-electron chi connectivity index (χ3n) is 5.01. The van der Waals surface area contributed by atoms with Crippen LogP contribution in [0.5, 0.6) is 17.2 Å². The summed E-state index contributed by atoms with van der Waals surface area (Å²) in [6, 6.07) is 16.3. The first-order chi connectivity index (χ1) is 18.1. The summed E-state index contributed by atoms with van der Waals surface area (Å²) in [5, 5.41) is 23.4. The SMILES string of the molecule is CCOc1ccc(-n2c(SCC(=O)N/N=C/c3cccc(OCC)c3O)nnc2-c2cccnc2)cc1. The standard InChI is InChI=1S/C26H26N6O4S/c1-3-35-21-12-10-20(11-13-21)32-25(19-8-6-14-27-15-19)30-31-26(32)37-17-23(33)29-28-16-18-7-5-9-22(24(18)34)36-4-2/h5-16,34H,3-4,17H2,1-2H3,(H,29,33)/b28-16+. The van der Waals surface area contributed by atoms with Crippen LogP contribution in [0.15, 0.2) is 77.2 Å². The first-order valence-corrected chi connectivity index (χ1v) is 12.6. The first kappa shape index (κ1) is 25.7. The number of para-hydroxylation sites is 1. The molecule has 190 valence electrons. The zero-order valence-electron chi connectivity index (χ0n) is 20.4. The maximum atomic E-state index is 12.5. The number of nitrogens with one attached hydrogen (secondary N) is 1. The second-order valence-corrected chi connectivity index (χ2v) is 8.46. The molecule has 0 aliphatic carbocycles. The molecule has 0 saturated carbocycles. The Labute approximate surface area is 218 Å². The second kappa shape index (κ2) is 12.5. The molecule has 4 rings (SSSR count). The summed E-state index contributed by atoms with van der Waals surface area (Å²) in [7, 11) is 0. The van der Waals surface area contributed by atoms with Gasteiger partial charge >= 0.3 is 0 Å². The predicted molar refractivity (Wildman–Crippen MR) is 141 cm³/mol. The summed E-state index contributed by atoms with van der Waals surface area (Å²) in [6.07, 6.45) is 4.76. The Bertz CT molecular complexity index is 1360. The van der Waals surface area contributed by atoms with Crippen LogP contribution >= 0.6 is 11.8 Å². The minimum Gasteiger partial charge on any atom is -0.504 e. The van der Waals surface area contributed by atoms with Crippen LogP contribution in [-0.2, 0) is 4.79 Å². The third-order valence-corrected chi connectivity index (χ3v) is 5.94. The molecular weight excluding hydrogens is 492 g/mol. The zero-order valence-corrected chi connectivity index (χ0v) is 21.2. The van der Waals surface area contributed by atoms with Gasteiger partial charge in [0.1, 0.15) is 5.75 Å². The van der Waals surface area contributed by atoms with Gasteiger partial charge < -0.3 is 14.6 Å². The minimum atomic E-state index is -0.342. The van der Waals surface area contributed by atoms with Crippen molar-refractivity contribution in [3.63, 3.8) is 0 Å². The Hall–Kier alpha value is -4.38. The number of pyridine rings is 1. The van der Waals surface area contributed by atoms with E-state index in [9.17, 15) is 9.90 Å². The number of rotatable bonds is 11. The number of benzene rings is 2. The molecule has 10 nitrogen and oxygen atoms in total. The number of ether oxygens (including phenoxy) is 2. The van der Waals surface area contributed by atoms with Crippen molar-refractivity contribution in [1.29, 1.82) is 0 Å². The largest absolute Gasteiger partial charge is 0.504 e. The van der Waals surface area contributed by atoms with Gasteiger partial charge in [-0.3, -0.25) is 14.3 Å². The highest BCUT2D eigenvalue weighted by molar-refractivity contribution is 7.99. The number of phenols is 1. The number of phenolic OH excluding ortho intramolecular Hbond substituents is 1. The Morgan fingerprint density at radius 2 is 1.89 bits per heavy atom. The van der Waals surface area contributed by atoms with E-state index in [0.717, 1.165) is 17.0 Å². The van der Waals surface area contributed by atoms with Crippen molar-refractivity contribution in [3.05, 3.63) is 72.6 Å². The van der Waals surface area contributed by atoms with Gasteiger partial charge in [0.2, 0.25) is 0 Å². The molecule has 11 heteroatoms. The molecule has 0 radical (unpaired) electrons. The summed E-state index contributed by atoms with van der Waals surface area (Å²) >= 11 is 1.22. The van der Waals surface area contributed by atoms with E-state index in [2.05, 4.69) is 25.7 Å². The van der Waals surface area contributed by atoms with Crippen molar-refractivity contribution in [2.24, 2.45) is 5.10 Å². The van der Waals surface area contributed by atoms with Crippen LogP contribution in [0.2, 0.25) is 0 Å². The van der Waals surface area contributed by atoms with Gasteiger partial charge in [-0.1, -0.05) is 17.8 Å². The molecule has 0 saturated heterocycles. The van der Waals surface area contributed by atoms with E-state index in [1.165, 1.54) is 18.0 Å². The van der Waals surface area contributed by atoms with Gasteiger partial charge in [0.05, 0.1) is 25.2 Å². The molecule has 2 heterocycles. The summed E-state index contributed by atoms with van der Waals surface area (Å²) < 4.78 is 12.8. The normalized spacial score (nSPS) is 11.0. The summed E-state index contributed by atoms with van der Waals surface area (Å²) in [6.45, 7) is 4.75.